The summed E-state index contributed by atoms with van der Waals surface area (Å²) in [4.78, 5) is 15.6. The van der Waals surface area contributed by atoms with Crippen molar-refractivity contribution in [2.75, 3.05) is 12.8 Å². The highest BCUT2D eigenvalue weighted by Crippen LogP contribution is 2.39. The van der Waals surface area contributed by atoms with Crippen LogP contribution in [0.5, 0.6) is 0 Å². The van der Waals surface area contributed by atoms with Gasteiger partial charge < -0.3 is 10.3 Å². The van der Waals surface area contributed by atoms with Crippen LogP contribution in [0.15, 0.2) is 30.5 Å². The molecule has 0 radical (unpaired) electrons. The molecule has 2 N–H and O–H groups in total. The summed E-state index contributed by atoms with van der Waals surface area (Å²) in [6.45, 7) is 0.768. The maximum atomic E-state index is 12.4. The predicted molar refractivity (Wildman–Crippen MR) is 85.3 cm³/mol. The first-order chi connectivity index (χ1) is 9.74. The minimum absolute atomic E-state index is 0.0263. The van der Waals surface area contributed by atoms with E-state index < -0.39 is 0 Å². The molecule has 1 saturated carbocycles. The summed E-state index contributed by atoms with van der Waals surface area (Å²) in [7, 11) is 0. The highest BCUT2D eigenvalue weighted by atomic mass is 32.2. The van der Waals surface area contributed by atoms with Crippen molar-refractivity contribution >= 4 is 28.6 Å². The maximum absolute atomic E-state index is 12.4. The van der Waals surface area contributed by atoms with E-state index in [1.165, 1.54) is 25.7 Å². The molecule has 0 atom stereocenters. The number of carbonyl (C=O) groups is 1. The Kier molecular flexibility index (Phi) is 3.74. The van der Waals surface area contributed by atoms with Crippen LogP contribution in [0, 0.1) is 0 Å². The number of aromatic amines is 1. The first-order valence-electron chi connectivity index (χ1n) is 7.14. The second-order valence-electron chi connectivity index (χ2n) is 5.52. The van der Waals surface area contributed by atoms with Crippen LogP contribution in [0.4, 0.5) is 0 Å². The third-order valence-electron chi connectivity index (χ3n) is 4.35. The summed E-state index contributed by atoms with van der Waals surface area (Å²) in [6.07, 6.45) is 9.01. The molecule has 1 fully saturated rings. The molecule has 3 nitrogen and oxygen atoms in total. The van der Waals surface area contributed by atoms with Gasteiger partial charge in [-0.3, -0.25) is 4.79 Å². The number of fused-ring (bicyclic) bond motifs is 1. The standard InChI is InChI=1S/C16H20N2OS/c1-20-16(8-2-3-9-16)11-18-15(19)13-6-4-5-12-7-10-17-14(12)13/h4-7,10,17H,2-3,8-9,11H2,1H3,(H,18,19). The van der Waals surface area contributed by atoms with E-state index in [2.05, 4.69) is 16.6 Å². The zero-order valence-electron chi connectivity index (χ0n) is 11.7. The Labute approximate surface area is 123 Å². The second kappa shape index (κ2) is 5.52. The molecule has 106 valence electrons. The summed E-state index contributed by atoms with van der Waals surface area (Å²) in [5.41, 5.74) is 1.66. The van der Waals surface area contributed by atoms with Crippen LogP contribution >= 0.6 is 11.8 Å². The number of H-pyrrole nitrogens is 1. The molecular weight excluding hydrogens is 268 g/mol. The summed E-state index contributed by atoms with van der Waals surface area (Å²) in [6, 6.07) is 7.83. The largest absolute Gasteiger partial charge is 0.361 e. The number of hydrogen-bond donors (Lipinski definition) is 2. The molecule has 2 aromatic rings. The topological polar surface area (TPSA) is 44.9 Å². The van der Waals surface area contributed by atoms with Gasteiger partial charge in [0.05, 0.1) is 11.1 Å². The highest BCUT2D eigenvalue weighted by molar-refractivity contribution is 8.00. The van der Waals surface area contributed by atoms with Crippen molar-refractivity contribution in [2.24, 2.45) is 0 Å². The Balaban J connectivity index is 1.75. The third-order valence-corrected chi connectivity index (χ3v) is 5.77. The number of aromatic nitrogens is 1. The van der Waals surface area contributed by atoms with Gasteiger partial charge in [-0.25, -0.2) is 0 Å². The number of amides is 1. The van der Waals surface area contributed by atoms with Crippen molar-refractivity contribution < 1.29 is 4.79 Å². The molecule has 0 bridgehead atoms. The molecule has 4 heteroatoms. The molecule has 1 amide bonds. The monoisotopic (exact) mass is 288 g/mol. The fourth-order valence-electron chi connectivity index (χ4n) is 3.08. The average Bonchev–Trinajstić information content (AvgIpc) is 3.13. The van der Waals surface area contributed by atoms with E-state index in [4.69, 9.17) is 0 Å². The predicted octanol–water partition coefficient (Wildman–Crippen LogP) is 3.57. The number of hydrogen-bond acceptors (Lipinski definition) is 2. The van der Waals surface area contributed by atoms with Gasteiger partial charge >= 0.3 is 0 Å². The van der Waals surface area contributed by atoms with Gasteiger partial charge in [0.15, 0.2) is 0 Å². The molecule has 1 heterocycles. The average molecular weight is 288 g/mol. The summed E-state index contributed by atoms with van der Waals surface area (Å²) >= 11 is 1.90. The van der Waals surface area contributed by atoms with Gasteiger partial charge in [0, 0.05) is 22.9 Å². The van der Waals surface area contributed by atoms with Gasteiger partial charge in [-0.2, -0.15) is 11.8 Å². The van der Waals surface area contributed by atoms with Gasteiger partial charge in [0.1, 0.15) is 0 Å². The van der Waals surface area contributed by atoms with E-state index in [0.29, 0.717) is 0 Å². The van der Waals surface area contributed by atoms with Crippen molar-refractivity contribution in [3.63, 3.8) is 0 Å². The molecule has 1 aliphatic carbocycles. The number of carbonyl (C=O) groups excluding carboxylic acids is 1. The molecule has 0 saturated heterocycles. The van der Waals surface area contributed by atoms with Gasteiger partial charge in [-0.05, 0) is 31.2 Å². The van der Waals surface area contributed by atoms with Gasteiger partial charge in [-0.15, -0.1) is 0 Å². The second-order valence-corrected chi connectivity index (χ2v) is 6.80. The van der Waals surface area contributed by atoms with Gasteiger partial charge in [0.2, 0.25) is 0 Å². The third kappa shape index (κ3) is 2.44. The number of rotatable bonds is 4. The highest BCUT2D eigenvalue weighted by Gasteiger charge is 2.33. The fourth-order valence-corrected chi connectivity index (χ4v) is 4.00. The van der Waals surface area contributed by atoms with Crippen LogP contribution in [0.3, 0.4) is 0 Å². The van der Waals surface area contributed by atoms with Crippen molar-refractivity contribution in [3.05, 3.63) is 36.0 Å². The van der Waals surface area contributed by atoms with Crippen LogP contribution in [0.1, 0.15) is 36.0 Å². The molecule has 1 aliphatic rings. The Morgan fingerprint density at radius 2 is 2.15 bits per heavy atom. The van der Waals surface area contributed by atoms with Crippen molar-refractivity contribution in [1.29, 1.82) is 0 Å². The molecule has 0 spiro atoms. The molecule has 20 heavy (non-hydrogen) atoms. The van der Waals surface area contributed by atoms with E-state index >= 15 is 0 Å². The molecule has 1 aromatic carbocycles. The van der Waals surface area contributed by atoms with Crippen LogP contribution in [0.25, 0.3) is 10.9 Å². The minimum atomic E-state index is 0.0263. The van der Waals surface area contributed by atoms with Crippen LogP contribution in [-0.4, -0.2) is 28.4 Å². The smallest absolute Gasteiger partial charge is 0.253 e. The van der Waals surface area contributed by atoms with E-state index in [-0.39, 0.29) is 10.7 Å². The van der Waals surface area contributed by atoms with Crippen LogP contribution < -0.4 is 5.32 Å². The Morgan fingerprint density at radius 1 is 1.35 bits per heavy atom. The number of nitrogens with one attached hydrogen (secondary N) is 2. The van der Waals surface area contributed by atoms with Gasteiger partial charge in [-0.1, -0.05) is 25.0 Å². The minimum Gasteiger partial charge on any atom is -0.361 e. The Hall–Kier alpha value is -1.42. The van der Waals surface area contributed by atoms with E-state index in [1.54, 1.807) is 0 Å². The molecular formula is C16H20N2OS. The SMILES string of the molecule is CSC1(CNC(=O)c2cccc3cc[nH]c23)CCCC1. The fraction of sp³-hybridized carbons (Fsp3) is 0.438. The Bertz CT molecular complexity index is 614. The molecule has 1 aromatic heterocycles. The van der Waals surface area contributed by atoms with Crippen molar-refractivity contribution in [1.82, 2.24) is 10.3 Å². The van der Waals surface area contributed by atoms with E-state index in [9.17, 15) is 4.79 Å². The van der Waals surface area contributed by atoms with Crippen molar-refractivity contribution in [2.45, 2.75) is 30.4 Å². The summed E-state index contributed by atoms with van der Waals surface area (Å²) in [5, 5.41) is 4.22. The molecule has 0 unspecified atom stereocenters. The lowest BCUT2D eigenvalue weighted by Gasteiger charge is -2.26. The normalized spacial score (nSPS) is 17.4. The molecule has 3 rings (SSSR count). The van der Waals surface area contributed by atoms with Crippen molar-refractivity contribution in [3.8, 4) is 0 Å². The lowest BCUT2D eigenvalue weighted by atomic mass is 10.1. The lowest BCUT2D eigenvalue weighted by molar-refractivity contribution is 0.0951. The lowest BCUT2D eigenvalue weighted by Crippen LogP contribution is -2.38. The maximum Gasteiger partial charge on any atom is 0.253 e. The zero-order valence-corrected chi connectivity index (χ0v) is 12.6. The number of para-hydroxylation sites is 1. The van der Waals surface area contributed by atoms with E-state index in [1.807, 2.05) is 42.2 Å². The Morgan fingerprint density at radius 3 is 2.90 bits per heavy atom. The number of thioether (sulfide) groups is 1. The first-order valence-corrected chi connectivity index (χ1v) is 8.36. The summed E-state index contributed by atoms with van der Waals surface area (Å²) < 4.78 is 0.249. The van der Waals surface area contributed by atoms with E-state index in [0.717, 1.165) is 23.0 Å². The molecule has 0 aliphatic heterocycles. The quantitative estimate of drug-likeness (QED) is 0.903. The summed E-state index contributed by atoms with van der Waals surface area (Å²) in [5.74, 6) is 0.0263. The number of benzene rings is 1. The van der Waals surface area contributed by atoms with Crippen LogP contribution in [-0.2, 0) is 0 Å². The first kappa shape index (κ1) is 13.6. The van der Waals surface area contributed by atoms with Gasteiger partial charge in [0.25, 0.3) is 5.91 Å². The zero-order chi connectivity index (χ0) is 14.0. The van der Waals surface area contributed by atoms with Crippen LogP contribution in [0.2, 0.25) is 0 Å².